The van der Waals surface area contributed by atoms with Gasteiger partial charge in [-0.15, -0.1) is 34.0 Å². The lowest BCUT2D eigenvalue weighted by molar-refractivity contribution is -0.946. The van der Waals surface area contributed by atoms with Crippen molar-refractivity contribution in [2.45, 2.75) is 195 Å². The van der Waals surface area contributed by atoms with Crippen LogP contribution >= 0.6 is 34.0 Å². The molecule has 4 N–H and O–H groups in total. The second-order valence-electron chi connectivity index (χ2n) is 34.6. The largest absolute Gasteiger partial charge is 0.542 e. The molecule has 3 saturated carbocycles. The first kappa shape index (κ1) is 102. The number of non-ortho nitro benzene ring substituents is 1. The van der Waals surface area contributed by atoms with Gasteiger partial charge in [0.05, 0.1) is 103 Å². The number of alkyl halides is 9. The van der Waals surface area contributed by atoms with Crippen molar-refractivity contribution in [3.05, 3.63) is 161 Å². The molecule has 0 spiro atoms. The average molecular weight is 1880 g/mol. The van der Waals surface area contributed by atoms with E-state index in [2.05, 4.69) is 0 Å². The number of carboxylic acid groups (broad SMARTS) is 3. The Morgan fingerprint density at radius 1 is 0.419 bits per heavy atom. The Morgan fingerprint density at radius 3 is 0.915 bits per heavy atom. The number of carbonyl (C=O) groups is 7. The number of nitro groups is 1. The number of nitrogens with zero attached hydrogens (tertiary/aromatic N) is 4. The second kappa shape index (κ2) is 45.4. The molecule has 39 heteroatoms. The number of benzene rings is 3. The third-order valence-corrected chi connectivity index (χ3v) is 29.6. The van der Waals surface area contributed by atoms with Crippen LogP contribution in [0.3, 0.4) is 0 Å². The van der Waals surface area contributed by atoms with E-state index in [1.165, 1.54) is 53.3 Å². The van der Waals surface area contributed by atoms with Gasteiger partial charge in [-0.1, -0.05) is 68.9 Å². The smallest absolute Gasteiger partial charge is 0.430 e. The number of quaternary nitrogens is 3. The highest BCUT2D eigenvalue weighted by atomic mass is 32.1. The monoisotopic (exact) mass is 1880 g/mol. The molecule has 3 aromatic heterocycles. The zero-order valence-electron chi connectivity index (χ0n) is 71.4. The number of aliphatic hydroxyl groups excluding tert-OH is 1. The summed E-state index contributed by atoms with van der Waals surface area (Å²) in [4.78, 5) is 91.2. The molecule has 129 heavy (non-hydrogen) atoms. The van der Waals surface area contributed by atoms with Crippen LogP contribution in [0.25, 0.3) is 0 Å². The summed E-state index contributed by atoms with van der Waals surface area (Å²) >= 11 is 4.33. The summed E-state index contributed by atoms with van der Waals surface area (Å²) < 4.78 is 138. The molecule has 27 nitrogen and oxygen atoms in total. The zero-order chi connectivity index (χ0) is 93.6. The molecule has 0 unspecified atom stereocenters. The van der Waals surface area contributed by atoms with Crippen LogP contribution in [0.2, 0.25) is 0 Å². The van der Waals surface area contributed by atoms with Gasteiger partial charge >= 0.3 is 42.4 Å². The number of aliphatic hydroxyl groups is 4. The van der Waals surface area contributed by atoms with Crippen LogP contribution in [0.1, 0.15) is 165 Å². The number of hydrogen-bond donors (Lipinski definition) is 4. The van der Waals surface area contributed by atoms with Gasteiger partial charge in [0.2, 0.25) is 0 Å². The highest BCUT2D eigenvalue weighted by molar-refractivity contribution is 7.10. The molecule has 12 fully saturated rings. The van der Waals surface area contributed by atoms with Crippen LogP contribution < -0.4 is 29.5 Å². The summed E-state index contributed by atoms with van der Waals surface area (Å²) in [7, 11) is 1.37. The van der Waals surface area contributed by atoms with Crippen LogP contribution in [0.5, 0.6) is 17.2 Å². The quantitative estimate of drug-likeness (QED) is 0.00619. The first-order valence-corrected chi connectivity index (χ1v) is 46.2. The number of nitro benzene ring substituents is 1. The number of fused-ring (bicyclic) bond motifs is 9. The lowest BCUT2D eigenvalue weighted by Gasteiger charge is -2.52. The molecule has 6 bridgehead atoms. The normalized spacial score (nSPS) is 24.9. The van der Waals surface area contributed by atoms with Gasteiger partial charge in [-0.3, -0.25) is 10.1 Å². The zero-order valence-corrected chi connectivity index (χ0v) is 73.9. The molecule has 0 amide bonds. The van der Waals surface area contributed by atoms with Crippen molar-refractivity contribution in [1.82, 2.24) is 0 Å². The van der Waals surface area contributed by atoms with Gasteiger partial charge in [-0.05, 0) is 127 Å². The SMILES string of the molecule is COC(=O)c1ccc(OCCC[N+]23CCC(CC2)[C@H](OC(=O)[C@](O)(c2cccs2)C2CCCC2)C3)cc1.O=C(O[C@H]1C[N+]2(CCCOc3ccc(CO)cc3)CCC1CC2)[C@](O)(c1cccs1)C1CCCC1.O=C(O[C@H]1C[N+]2(CCCOc3ccc([N+](=O)[O-])cc3)CCC1CC2)[C@](O)(c1cccs1)C1CCCC1.O=C([O-])C(F)(F)F.O=C([O-])C(F)(F)F.O=C([O-])C(F)(F)F. The lowest BCUT2D eigenvalue weighted by Crippen LogP contribution is -2.65. The number of hydrogen-bond acceptors (Lipinski definition) is 26. The fraction of sp³-hybridized carbons (Fsp3) is 0.589. The topological polar surface area (TPSA) is 377 Å². The summed E-state index contributed by atoms with van der Waals surface area (Å²) in [6, 6.07) is 32.0. The maximum absolute atomic E-state index is 13.6. The molecule has 3 aromatic carbocycles. The van der Waals surface area contributed by atoms with Gasteiger partial charge in [-0.2, -0.15) is 39.5 Å². The van der Waals surface area contributed by atoms with Gasteiger partial charge < -0.3 is 96.7 Å². The molecule has 9 saturated heterocycles. The van der Waals surface area contributed by atoms with Crippen molar-refractivity contribution in [3.8, 4) is 17.2 Å². The minimum atomic E-state index is -5.19. The Hall–Kier alpha value is -9.06. The summed E-state index contributed by atoms with van der Waals surface area (Å²) in [6.45, 7) is 13.8. The van der Waals surface area contributed by atoms with Crippen molar-refractivity contribution < 1.29 is 160 Å². The van der Waals surface area contributed by atoms with E-state index in [0.29, 0.717) is 58.6 Å². The Labute approximate surface area is 752 Å². The van der Waals surface area contributed by atoms with E-state index < -0.39 is 76.1 Å². The van der Waals surface area contributed by atoms with Gasteiger partial charge in [0, 0.05) is 120 Å². The van der Waals surface area contributed by atoms with Gasteiger partial charge in [0.1, 0.15) is 54.8 Å². The number of thiophene rings is 3. The number of carboxylic acids is 3. The predicted octanol–water partition coefficient (Wildman–Crippen LogP) is 11.3. The van der Waals surface area contributed by atoms with E-state index in [-0.39, 0.29) is 54.3 Å². The predicted molar refractivity (Wildman–Crippen MR) is 444 cm³/mol. The molecule has 6 aromatic rings. The van der Waals surface area contributed by atoms with Crippen LogP contribution in [0.4, 0.5) is 45.2 Å². The molecular weight excluding hydrogens is 1770 g/mol. The molecular formula is C90H111F9N4O23S3. The molecule has 12 heterocycles. The summed E-state index contributed by atoms with van der Waals surface area (Å²) in [6.07, 6.45) is 4.47. The van der Waals surface area contributed by atoms with Crippen LogP contribution in [-0.4, -0.2) is 223 Å². The van der Waals surface area contributed by atoms with E-state index in [9.17, 15) is 89.2 Å². The molecule has 18 rings (SSSR count). The summed E-state index contributed by atoms with van der Waals surface area (Å²) in [5.74, 6) is -7.59. The Bertz CT molecular complexity index is 4510. The minimum absolute atomic E-state index is 0.0401. The fourth-order valence-corrected chi connectivity index (χ4v) is 22.2. The maximum atomic E-state index is 13.6. The van der Waals surface area contributed by atoms with Crippen molar-refractivity contribution >= 4 is 81.5 Å². The van der Waals surface area contributed by atoms with Gasteiger partial charge in [-0.25, -0.2) is 19.2 Å². The molecule has 9 aliphatic heterocycles. The summed E-state index contributed by atoms with van der Waals surface area (Å²) in [5, 5.41) is 87.3. The van der Waals surface area contributed by atoms with E-state index in [4.69, 9.17) is 62.9 Å². The van der Waals surface area contributed by atoms with Crippen LogP contribution in [0.15, 0.2) is 125 Å². The highest BCUT2D eigenvalue weighted by Crippen LogP contribution is 2.49. The van der Waals surface area contributed by atoms with Crippen LogP contribution in [-0.2, 0) is 71.1 Å². The number of piperidine rings is 9. The summed E-state index contributed by atoms with van der Waals surface area (Å²) in [5.41, 5.74) is -3.15. The number of aliphatic carboxylic acids is 3. The number of carbonyl (C=O) groups excluding carboxylic acids is 7. The standard InChI is InChI=1S/C29H38NO6S.C28H38NO5S.C27H35N2O6S.3C2HF3O2/c1-34-27(31)22-9-11-24(12-10-22)35-18-5-15-30-16-13-21(14-17-30)25(20-30)36-28(32)29(33,23-6-2-3-7-23)26-8-4-19-37-26;30-20-21-8-10-24(11-9-21)33-17-4-14-29-15-12-22(13-16-29)25(19-29)34-27(31)28(32,23-5-1-2-6-23)26-7-3-18-35-26;30-26(27(31,21-5-1-2-6-21)25-7-3-18-36-25)35-24-19-29(15-12-20(24)13-16-29)14-4-17-34-23-10-8-22(9-11-23)28(32)33;3*3-2(4,5)1(6)7/h4,8-12,19,21,23,25,33H,2-3,5-7,13-18,20H2,1H3;3,7-11,18,22-23,25,30,32H,1-2,4-6,12-17,19-20H2;3,7-11,18,20-21,24,31H,1-2,4-6,12-17,19H2;3*(H,6,7)/q3*+1;;;/p-3/t21?,25-,29-,30?;22?,25-,28+,29?;20?,24-,27+,29?;;;/m100.../s1. The fourth-order valence-electron chi connectivity index (χ4n) is 19.5. The maximum Gasteiger partial charge on any atom is 0.430 e. The number of ether oxygens (including phenoxy) is 7. The second-order valence-corrected chi connectivity index (χ2v) is 37.5. The number of halogens is 9. The van der Waals surface area contributed by atoms with E-state index in [1.807, 2.05) is 76.8 Å². The van der Waals surface area contributed by atoms with Crippen LogP contribution in [0, 0.1) is 45.6 Å². The number of rotatable bonds is 30. The van der Waals surface area contributed by atoms with Gasteiger partial charge in [0.15, 0.2) is 35.1 Å². The van der Waals surface area contributed by atoms with Crippen molar-refractivity contribution in [2.75, 3.05) is 105 Å². The Morgan fingerprint density at radius 2 is 0.682 bits per heavy atom. The number of methoxy groups -OCH3 is 1. The first-order valence-electron chi connectivity index (χ1n) is 43.5. The first-order chi connectivity index (χ1) is 61.2. The number of esters is 4. The molecule has 12 aliphatic rings. The Kier molecular flexibility index (Phi) is 35.9. The van der Waals surface area contributed by atoms with Gasteiger partial charge in [0.25, 0.3) is 5.69 Å². The van der Waals surface area contributed by atoms with Crippen molar-refractivity contribution in [2.24, 2.45) is 35.5 Å². The molecule has 6 atom stereocenters. The van der Waals surface area contributed by atoms with Crippen molar-refractivity contribution in [1.29, 1.82) is 0 Å². The molecule has 0 radical (unpaired) electrons. The highest BCUT2D eigenvalue weighted by Gasteiger charge is 2.57. The van der Waals surface area contributed by atoms with E-state index in [0.717, 1.165) is 249 Å². The molecule has 710 valence electrons. The average Bonchev–Trinajstić information content (AvgIpc) is 1.76. The van der Waals surface area contributed by atoms with Crippen molar-refractivity contribution in [3.63, 3.8) is 0 Å². The van der Waals surface area contributed by atoms with E-state index >= 15 is 0 Å². The third-order valence-electron chi connectivity index (χ3n) is 26.6. The minimum Gasteiger partial charge on any atom is -0.542 e. The van der Waals surface area contributed by atoms with E-state index in [1.54, 1.807) is 36.4 Å². The molecule has 3 aliphatic carbocycles. The Balaban J connectivity index is 0.000000180. The lowest BCUT2D eigenvalue weighted by atomic mass is 9.82. The third kappa shape index (κ3) is 26.9.